The standard InChI is InChI=1S/C42H66O9/c1-24(43)46-22-29-35(49-26(3)45)28(48-25(2)44)21-33(50-29)51-32-14-15-39(8)30(38(32,6)7)13-16-41(10)31(39)12-11-27-34-36-37(4,5)17-19-42(34,23-47-36)20-18-40(27,41)9/h27-36H,11-23H2,1-10H3/t27-,28-,29-,30+,31-,32+,33-,34+,35-,36-,39+,40-,41-,42-/m1/s1. The van der Waals surface area contributed by atoms with E-state index in [2.05, 4.69) is 48.5 Å². The summed E-state index contributed by atoms with van der Waals surface area (Å²) in [5, 5.41) is 0. The van der Waals surface area contributed by atoms with Crippen molar-refractivity contribution in [3.63, 3.8) is 0 Å². The molecule has 0 N–H and O–H groups in total. The van der Waals surface area contributed by atoms with Gasteiger partial charge in [-0.25, -0.2) is 0 Å². The van der Waals surface area contributed by atoms with Crippen LogP contribution in [0.1, 0.15) is 140 Å². The van der Waals surface area contributed by atoms with E-state index in [-0.39, 0.29) is 40.8 Å². The first-order valence-corrected chi connectivity index (χ1v) is 20.2. The van der Waals surface area contributed by atoms with Gasteiger partial charge >= 0.3 is 17.9 Å². The minimum atomic E-state index is -0.906. The summed E-state index contributed by atoms with van der Waals surface area (Å²) >= 11 is 0. The van der Waals surface area contributed by atoms with Crippen molar-refractivity contribution in [2.24, 2.45) is 56.2 Å². The summed E-state index contributed by atoms with van der Waals surface area (Å²) in [6.45, 7) is 22.6. The second kappa shape index (κ2) is 12.7. The zero-order valence-corrected chi connectivity index (χ0v) is 33.1. The summed E-state index contributed by atoms with van der Waals surface area (Å²) in [6.07, 6.45) is 9.72. The summed E-state index contributed by atoms with van der Waals surface area (Å²) in [4.78, 5) is 36.0. The molecule has 7 aliphatic rings. The maximum absolute atomic E-state index is 12.2. The molecule has 14 atom stereocenters. The Morgan fingerprint density at radius 1 is 0.725 bits per heavy atom. The van der Waals surface area contributed by atoms with Gasteiger partial charge in [-0.15, -0.1) is 0 Å². The molecule has 0 radical (unpaired) electrons. The lowest BCUT2D eigenvalue weighted by Crippen LogP contribution is -2.68. The van der Waals surface area contributed by atoms with E-state index in [0.29, 0.717) is 34.7 Å². The smallest absolute Gasteiger partial charge is 0.303 e. The normalized spacial score (nSPS) is 49.3. The van der Waals surface area contributed by atoms with Gasteiger partial charge in [-0.05, 0) is 120 Å². The van der Waals surface area contributed by atoms with Crippen molar-refractivity contribution in [2.45, 2.75) is 177 Å². The topological polar surface area (TPSA) is 107 Å². The van der Waals surface area contributed by atoms with Crippen molar-refractivity contribution in [1.82, 2.24) is 0 Å². The number of carbonyl (C=O) groups is 3. The van der Waals surface area contributed by atoms with Gasteiger partial charge in [-0.3, -0.25) is 14.4 Å². The first-order valence-electron chi connectivity index (χ1n) is 20.2. The fourth-order valence-corrected chi connectivity index (χ4v) is 14.4. The quantitative estimate of drug-likeness (QED) is 0.155. The van der Waals surface area contributed by atoms with Crippen LogP contribution in [0, 0.1) is 56.2 Å². The summed E-state index contributed by atoms with van der Waals surface area (Å²) in [6, 6.07) is 0. The number of esters is 3. The zero-order chi connectivity index (χ0) is 36.9. The van der Waals surface area contributed by atoms with Gasteiger partial charge < -0.3 is 28.4 Å². The zero-order valence-electron chi connectivity index (χ0n) is 33.1. The first-order chi connectivity index (χ1) is 23.8. The molecule has 51 heavy (non-hydrogen) atoms. The molecule has 2 heterocycles. The van der Waals surface area contributed by atoms with Crippen LogP contribution in [0.5, 0.6) is 0 Å². The van der Waals surface area contributed by atoms with Gasteiger partial charge in [0.25, 0.3) is 0 Å². The van der Waals surface area contributed by atoms with Crippen LogP contribution in [0.4, 0.5) is 0 Å². The lowest BCUT2D eigenvalue weighted by Gasteiger charge is -2.73. The molecule has 0 unspecified atom stereocenters. The Morgan fingerprint density at radius 2 is 1.43 bits per heavy atom. The number of hydrogen-bond acceptors (Lipinski definition) is 9. The number of rotatable bonds is 6. The van der Waals surface area contributed by atoms with Crippen LogP contribution in [0.15, 0.2) is 0 Å². The van der Waals surface area contributed by atoms with Crippen LogP contribution in [0.3, 0.4) is 0 Å². The van der Waals surface area contributed by atoms with E-state index in [9.17, 15) is 14.4 Å². The van der Waals surface area contributed by atoms with E-state index in [1.807, 2.05) is 0 Å². The molecule has 5 saturated carbocycles. The van der Waals surface area contributed by atoms with Crippen LogP contribution in [-0.2, 0) is 42.8 Å². The minimum Gasteiger partial charge on any atom is -0.463 e. The van der Waals surface area contributed by atoms with Gasteiger partial charge in [0, 0.05) is 27.2 Å². The van der Waals surface area contributed by atoms with Crippen molar-refractivity contribution in [1.29, 1.82) is 0 Å². The third-order valence-corrected chi connectivity index (χ3v) is 16.9. The monoisotopic (exact) mass is 714 g/mol. The van der Waals surface area contributed by atoms with E-state index in [1.165, 1.54) is 72.1 Å². The molecule has 7 rings (SSSR count). The minimum absolute atomic E-state index is 0.0683. The molecule has 7 fully saturated rings. The summed E-state index contributed by atoms with van der Waals surface area (Å²) < 4.78 is 36.7. The fourth-order valence-electron chi connectivity index (χ4n) is 14.4. The van der Waals surface area contributed by atoms with Crippen LogP contribution in [0.25, 0.3) is 0 Å². The summed E-state index contributed by atoms with van der Waals surface area (Å²) in [5.41, 5.74) is 1.33. The average Bonchev–Trinajstić information content (AvgIpc) is 3.36. The maximum Gasteiger partial charge on any atom is 0.303 e. The predicted octanol–water partition coefficient (Wildman–Crippen LogP) is 7.80. The summed E-state index contributed by atoms with van der Waals surface area (Å²) in [7, 11) is 0. The SMILES string of the molecule is CC(=O)OC[C@H]1O[C@H](O[C@H]2CC[C@]3(C)[C@H]4CC[C@@H]5[C@H]6[C@H]7OC[C@@]6(CCC7(C)C)CC[C@@]5(C)[C@]4(C)CC[C@H]3C2(C)C)C[C@@H](OC(C)=O)[C@H]1OC(C)=O. The second-order valence-electron chi connectivity index (χ2n) is 20.1. The predicted molar refractivity (Wildman–Crippen MR) is 190 cm³/mol. The number of hydrogen-bond donors (Lipinski definition) is 0. The summed E-state index contributed by atoms with van der Waals surface area (Å²) in [5.74, 6) is 1.10. The molecule has 5 aliphatic carbocycles. The molecular weight excluding hydrogens is 648 g/mol. The molecule has 2 aliphatic heterocycles. The highest BCUT2D eigenvalue weighted by molar-refractivity contribution is 5.67. The van der Waals surface area contributed by atoms with Gasteiger partial charge in [0.15, 0.2) is 12.4 Å². The van der Waals surface area contributed by atoms with Crippen LogP contribution in [-0.4, -0.2) is 67.9 Å². The molecule has 9 nitrogen and oxygen atoms in total. The highest BCUT2D eigenvalue weighted by atomic mass is 16.7. The average molecular weight is 715 g/mol. The van der Waals surface area contributed by atoms with E-state index in [4.69, 9.17) is 28.4 Å². The van der Waals surface area contributed by atoms with E-state index < -0.39 is 42.5 Å². The molecule has 0 aromatic heterocycles. The number of ether oxygens (including phenoxy) is 6. The Kier molecular flexibility index (Phi) is 9.35. The molecule has 2 bridgehead atoms. The molecule has 0 spiro atoms. The number of carbonyl (C=O) groups excluding carboxylic acids is 3. The Bertz CT molecular complexity index is 1390. The van der Waals surface area contributed by atoms with E-state index >= 15 is 0 Å². The van der Waals surface area contributed by atoms with Crippen LogP contribution >= 0.6 is 0 Å². The van der Waals surface area contributed by atoms with Gasteiger partial charge in [0.1, 0.15) is 18.8 Å². The van der Waals surface area contributed by atoms with Crippen LogP contribution < -0.4 is 0 Å². The highest BCUT2D eigenvalue weighted by Gasteiger charge is 2.73. The fraction of sp³-hybridized carbons (Fsp3) is 0.929. The Hall–Kier alpha value is -1.71. The van der Waals surface area contributed by atoms with E-state index in [1.54, 1.807) is 0 Å². The maximum atomic E-state index is 12.2. The van der Waals surface area contributed by atoms with Crippen molar-refractivity contribution < 1.29 is 42.8 Å². The molecule has 0 aromatic rings. The highest BCUT2D eigenvalue weighted by Crippen LogP contribution is 2.78. The lowest BCUT2D eigenvalue weighted by atomic mass is 9.31. The second-order valence-corrected chi connectivity index (χ2v) is 20.1. The van der Waals surface area contributed by atoms with Gasteiger partial charge in [0.2, 0.25) is 0 Å². The molecule has 2 saturated heterocycles. The van der Waals surface area contributed by atoms with Crippen LogP contribution in [0.2, 0.25) is 0 Å². The third-order valence-electron chi connectivity index (χ3n) is 16.9. The van der Waals surface area contributed by atoms with Gasteiger partial charge in [-0.1, -0.05) is 48.5 Å². The third kappa shape index (κ3) is 5.82. The molecule has 0 aromatic carbocycles. The Morgan fingerprint density at radius 3 is 2.12 bits per heavy atom. The first kappa shape index (κ1) is 37.6. The van der Waals surface area contributed by atoms with Gasteiger partial charge in [-0.2, -0.15) is 0 Å². The number of fused-ring (bicyclic) bond motifs is 5. The largest absolute Gasteiger partial charge is 0.463 e. The van der Waals surface area contributed by atoms with Crippen molar-refractivity contribution in [3.8, 4) is 0 Å². The Labute approximate surface area is 306 Å². The molecular formula is C42H66O9. The van der Waals surface area contributed by atoms with Crippen molar-refractivity contribution >= 4 is 17.9 Å². The molecule has 288 valence electrons. The van der Waals surface area contributed by atoms with Crippen molar-refractivity contribution in [3.05, 3.63) is 0 Å². The molecule has 9 heteroatoms. The van der Waals surface area contributed by atoms with E-state index in [0.717, 1.165) is 25.4 Å². The Balaban J connectivity index is 1.11. The van der Waals surface area contributed by atoms with Gasteiger partial charge in [0.05, 0.1) is 18.8 Å². The molecule has 0 amide bonds. The lowest BCUT2D eigenvalue weighted by molar-refractivity contribution is -0.305. The van der Waals surface area contributed by atoms with Crippen molar-refractivity contribution in [2.75, 3.05) is 13.2 Å².